The molecule has 3 rings (SSSR count). The van der Waals surface area contributed by atoms with Gasteiger partial charge in [-0.2, -0.15) is 0 Å². The molecule has 7 nitrogen and oxygen atoms in total. The van der Waals surface area contributed by atoms with Crippen LogP contribution in [0, 0.1) is 23.7 Å². The molecule has 1 unspecified atom stereocenters. The van der Waals surface area contributed by atoms with Crippen LogP contribution in [-0.4, -0.2) is 37.4 Å². The van der Waals surface area contributed by atoms with Gasteiger partial charge in [-0.05, 0) is 87.3 Å². The van der Waals surface area contributed by atoms with Crippen LogP contribution in [0.15, 0.2) is 30.9 Å². The summed E-state index contributed by atoms with van der Waals surface area (Å²) in [5.74, 6) is 2.50. The number of aliphatic hydroxyl groups excluding tert-OH is 1. The van der Waals surface area contributed by atoms with Crippen LogP contribution in [0.5, 0.6) is 11.5 Å². The Morgan fingerprint density at radius 3 is 2.27 bits per heavy atom. The molecule has 0 bridgehead atoms. The zero-order valence-corrected chi connectivity index (χ0v) is 22.5. The largest absolute Gasteiger partial charge is 0.493 e. The van der Waals surface area contributed by atoms with Gasteiger partial charge in [0.25, 0.3) is 0 Å². The molecule has 0 aliphatic heterocycles. The Bertz CT molecular complexity index is 867. The van der Waals surface area contributed by atoms with Crippen molar-refractivity contribution in [2.75, 3.05) is 20.3 Å². The third-order valence-electron chi connectivity index (χ3n) is 8.15. The van der Waals surface area contributed by atoms with Crippen molar-refractivity contribution < 1.29 is 33.6 Å². The summed E-state index contributed by atoms with van der Waals surface area (Å²) >= 11 is 0. The maximum atomic E-state index is 12.9. The summed E-state index contributed by atoms with van der Waals surface area (Å²) < 4.78 is 21.6. The number of unbranched alkanes of at least 4 members (excludes halogenated alkanes) is 1. The molecule has 206 valence electrons. The topological polar surface area (TPSA) is 91.3 Å². The SMILES string of the molecule is C=CC(=O)OCCCCOC(O)c1ccc(OC(=O)C2CCC(C3CCC(CC)CC3)CC2)c(OC)c1. The van der Waals surface area contributed by atoms with E-state index in [1.54, 1.807) is 18.2 Å². The van der Waals surface area contributed by atoms with Gasteiger partial charge >= 0.3 is 11.9 Å². The summed E-state index contributed by atoms with van der Waals surface area (Å²) in [4.78, 5) is 23.9. The number of ether oxygens (including phenoxy) is 4. The second kappa shape index (κ2) is 15.1. The first-order chi connectivity index (χ1) is 17.9. The summed E-state index contributed by atoms with van der Waals surface area (Å²) in [5, 5.41) is 10.4. The van der Waals surface area contributed by atoms with Crippen molar-refractivity contribution in [1.82, 2.24) is 0 Å². The van der Waals surface area contributed by atoms with Gasteiger partial charge < -0.3 is 24.1 Å². The third-order valence-corrected chi connectivity index (χ3v) is 8.15. The van der Waals surface area contributed by atoms with Crippen molar-refractivity contribution in [2.45, 2.75) is 83.8 Å². The summed E-state index contributed by atoms with van der Waals surface area (Å²) in [6.07, 6.45) is 11.9. The van der Waals surface area contributed by atoms with E-state index in [-0.39, 0.29) is 18.5 Å². The van der Waals surface area contributed by atoms with E-state index in [1.165, 1.54) is 39.2 Å². The lowest BCUT2D eigenvalue weighted by atomic mass is 9.69. The highest BCUT2D eigenvalue weighted by atomic mass is 16.6. The number of rotatable bonds is 13. The first-order valence-electron chi connectivity index (χ1n) is 13.9. The minimum atomic E-state index is -1.14. The van der Waals surface area contributed by atoms with Crippen LogP contribution in [0.4, 0.5) is 0 Å². The Hall–Kier alpha value is -2.38. The number of methoxy groups -OCH3 is 1. The molecule has 2 aliphatic carbocycles. The highest BCUT2D eigenvalue weighted by Crippen LogP contribution is 2.42. The van der Waals surface area contributed by atoms with Gasteiger partial charge in [0.15, 0.2) is 17.8 Å². The molecule has 0 saturated heterocycles. The maximum absolute atomic E-state index is 12.9. The van der Waals surface area contributed by atoms with E-state index in [2.05, 4.69) is 13.5 Å². The molecule has 2 fully saturated rings. The van der Waals surface area contributed by atoms with Crippen LogP contribution in [0.2, 0.25) is 0 Å². The minimum absolute atomic E-state index is 0.0766. The van der Waals surface area contributed by atoms with Crippen LogP contribution in [0.3, 0.4) is 0 Å². The predicted molar refractivity (Wildman–Crippen MR) is 141 cm³/mol. The molecule has 1 N–H and O–H groups in total. The first-order valence-corrected chi connectivity index (χ1v) is 13.9. The minimum Gasteiger partial charge on any atom is -0.493 e. The Kier molecular flexibility index (Phi) is 11.9. The fourth-order valence-electron chi connectivity index (χ4n) is 5.73. The normalized spacial score (nSPS) is 24.6. The number of esters is 2. The van der Waals surface area contributed by atoms with Crippen molar-refractivity contribution in [3.63, 3.8) is 0 Å². The zero-order valence-electron chi connectivity index (χ0n) is 22.5. The number of benzene rings is 1. The van der Waals surface area contributed by atoms with Crippen molar-refractivity contribution in [3.05, 3.63) is 36.4 Å². The average Bonchev–Trinajstić information content (AvgIpc) is 2.94. The monoisotopic (exact) mass is 516 g/mol. The van der Waals surface area contributed by atoms with E-state index in [0.717, 1.165) is 49.5 Å². The number of carbonyl (C=O) groups excluding carboxylic acids is 2. The number of hydrogen-bond donors (Lipinski definition) is 1. The van der Waals surface area contributed by atoms with Gasteiger partial charge in [0.05, 0.1) is 26.2 Å². The van der Waals surface area contributed by atoms with E-state index in [0.29, 0.717) is 36.5 Å². The van der Waals surface area contributed by atoms with E-state index < -0.39 is 12.3 Å². The Balaban J connectivity index is 1.43. The van der Waals surface area contributed by atoms with Crippen LogP contribution < -0.4 is 9.47 Å². The van der Waals surface area contributed by atoms with Gasteiger partial charge in [-0.1, -0.05) is 32.8 Å². The molecular formula is C30H44O7. The fraction of sp³-hybridized carbons (Fsp3) is 0.667. The smallest absolute Gasteiger partial charge is 0.330 e. The van der Waals surface area contributed by atoms with Gasteiger partial charge in [0.2, 0.25) is 0 Å². The van der Waals surface area contributed by atoms with Crippen molar-refractivity contribution in [1.29, 1.82) is 0 Å². The second-order valence-electron chi connectivity index (χ2n) is 10.4. The molecule has 1 aromatic carbocycles. The molecule has 7 heteroatoms. The first kappa shape index (κ1) is 29.2. The van der Waals surface area contributed by atoms with E-state index in [1.807, 2.05) is 0 Å². The second-order valence-corrected chi connectivity index (χ2v) is 10.4. The van der Waals surface area contributed by atoms with Gasteiger partial charge in [0.1, 0.15) is 0 Å². The highest BCUT2D eigenvalue weighted by molar-refractivity contribution is 5.81. The number of hydrogen-bond acceptors (Lipinski definition) is 7. The zero-order chi connectivity index (χ0) is 26.6. The van der Waals surface area contributed by atoms with Crippen molar-refractivity contribution >= 4 is 11.9 Å². The standard InChI is InChI=1S/C30H44O7/c1-4-21-8-10-22(11-9-21)23-12-14-24(15-13-23)30(33)37-26-17-16-25(20-27(26)34-3)29(32)36-19-7-6-18-35-28(31)5-2/h5,16-17,20-24,29,32H,2,4,6-15,18-19H2,1,3H3. The quantitative estimate of drug-likeness (QED) is 0.111. The predicted octanol–water partition coefficient (Wildman–Crippen LogP) is 6.14. The molecule has 0 heterocycles. The lowest BCUT2D eigenvalue weighted by Crippen LogP contribution is -2.30. The molecule has 1 atom stereocenters. The summed E-state index contributed by atoms with van der Waals surface area (Å²) in [6.45, 7) is 6.23. The Labute approximate surface area is 221 Å². The molecule has 0 radical (unpaired) electrons. The number of carbonyl (C=O) groups is 2. The van der Waals surface area contributed by atoms with E-state index in [4.69, 9.17) is 18.9 Å². The Morgan fingerprint density at radius 1 is 1.00 bits per heavy atom. The summed E-state index contributed by atoms with van der Waals surface area (Å²) in [7, 11) is 1.51. The van der Waals surface area contributed by atoms with E-state index in [9.17, 15) is 14.7 Å². The van der Waals surface area contributed by atoms with Crippen LogP contribution in [-0.2, 0) is 19.1 Å². The van der Waals surface area contributed by atoms with Gasteiger partial charge in [-0.25, -0.2) is 4.79 Å². The lowest BCUT2D eigenvalue weighted by molar-refractivity contribution is -0.141. The van der Waals surface area contributed by atoms with E-state index >= 15 is 0 Å². The van der Waals surface area contributed by atoms with Crippen LogP contribution >= 0.6 is 0 Å². The third kappa shape index (κ3) is 8.85. The van der Waals surface area contributed by atoms with Gasteiger partial charge in [-0.3, -0.25) is 4.79 Å². The van der Waals surface area contributed by atoms with Crippen LogP contribution in [0.25, 0.3) is 0 Å². The van der Waals surface area contributed by atoms with Crippen molar-refractivity contribution in [2.24, 2.45) is 23.7 Å². The molecular weight excluding hydrogens is 472 g/mol. The number of aliphatic hydroxyl groups is 1. The maximum Gasteiger partial charge on any atom is 0.330 e. The summed E-state index contributed by atoms with van der Waals surface area (Å²) in [6, 6.07) is 4.94. The van der Waals surface area contributed by atoms with Gasteiger partial charge in [-0.15, -0.1) is 0 Å². The molecule has 0 aromatic heterocycles. The lowest BCUT2D eigenvalue weighted by Gasteiger charge is -2.37. The fourth-order valence-corrected chi connectivity index (χ4v) is 5.73. The molecule has 2 saturated carbocycles. The molecule has 2 aliphatic rings. The molecule has 37 heavy (non-hydrogen) atoms. The van der Waals surface area contributed by atoms with Crippen LogP contribution in [0.1, 0.15) is 89.4 Å². The molecule has 0 spiro atoms. The van der Waals surface area contributed by atoms with Crippen molar-refractivity contribution in [3.8, 4) is 11.5 Å². The summed E-state index contributed by atoms with van der Waals surface area (Å²) in [5.41, 5.74) is 0.507. The highest BCUT2D eigenvalue weighted by Gasteiger charge is 2.33. The van der Waals surface area contributed by atoms with Gasteiger partial charge in [0, 0.05) is 11.6 Å². The Morgan fingerprint density at radius 2 is 1.65 bits per heavy atom. The molecule has 0 amide bonds. The molecule has 1 aromatic rings. The average molecular weight is 517 g/mol.